The fourth-order valence-corrected chi connectivity index (χ4v) is 2.05. The summed E-state index contributed by atoms with van der Waals surface area (Å²) in [7, 11) is 0. The average molecular weight is 285 g/mol. The molecule has 2 N–H and O–H groups in total. The fourth-order valence-electron chi connectivity index (χ4n) is 2.05. The van der Waals surface area contributed by atoms with E-state index in [9.17, 15) is 4.79 Å². The van der Waals surface area contributed by atoms with Crippen LogP contribution in [0.15, 0.2) is 30.3 Å². The van der Waals surface area contributed by atoms with Gasteiger partial charge in [-0.15, -0.1) is 12.4 Å². The molecule has 1 fully saturated rings. The van der Waals surface area contributed by atoms with Crippen molar-refractivity contribution >= 4 is 18.3 Å². The third-order valence-electron chi connectivity index (χ3n) is 3.02. The van der Waals surface area contributed by atoms with Gasteiger partial charge in [0.05, 0.1) is 12.6 Å². The molecule has 0 spiro atoms. The monoisotopic (exact) mass is 284 g/mol. The van der Waals surface area contributed by atoms with E-state index in [-0.39, 0.29) is 30.5 Å². The number of rotatable bonds is 5. The first-order valence-corrected chi connectivity index (χ1v) is 6.48. The molecule has 5 heteroatoms. The Kier molecular flexibility index (Phi) is 6.67. The van der Waals surface area contributed by atoms with Gasteiger partial charge in [0.1, 0.15) is 11.9 Å². The molecule has 1 aromatic rings. The van der Waals surface area contributed by atoms with Gasteiger partial charge in [0.2, 0.25) is 5.91 Å². The number of halogens is 1. The molecule has 1 saturated heterocycles. The Hall–Kier alpha value is -1.26. The van der Waals surface area contributed by atoms with Crippen LogP contribution in [0.5, 0.6) is 5.75 Å². The molecule has 0 radical (unpaired) electrons. The quantitative estimate of drug-likeness (QED) is 0.866. The van der Waals surface area contributed by atoms with Crippen molar-refractivity contribution in [3.8, 4) is 5.75 Å². The van der Waals surface area contributed by atoms with E-state index in [1.165, 1.54) is 0 Å². The van der Waals surface area contributed by atoms with Gasteiger partial charge in [-0.3, -0.25) is 4.79 Å². The van der Waals surface area contributed by atoms with Crippen LogP contribution < -0.4 is 15.4 Å². The predicted molar refractivity (Wildman–Crippen MR) is 77.8 cm³/mol. The lowest BCUT2D eigenvalue weighted by molar-refractivity contribution is -0.123. The van der Waals surface area contributed by atoms with Crippen LogP contribution >= 0.6 is 12.4 Å². The van der Waals surface area contributed by atoms with Crippen LogP contribution in [0, 0.1) is 0 Å². The van der Waals surface area contributed by atoms with Crippen molar-refractivity contribution in [2.45, 2.75) is 31.9 Å². The summed E-state index contributed by atoms with van der Waals surface area (Å²) in [5.74, 6) is 0.911. The summed E-state index contributed by atoms with van der Waals surface area (Å²) < 4.78 is 5.69. The van der Waals surface area contributed by atoms with Gasteiger partial charge in [0.15, 0.2) is 0 Å². The highest BCUT2D eigenvalue weighted by Gasteiger charge is 2.21. The number of benzene rings is 1. The molecule has 2 rings (SSSR count). The molecule has 1 heterocycles. The number of hydrogen-bond acceptors (Lipinski definition) is 3. The Bertz CT molecular complexity index is 380. The summed E-state index contributed by atoms with van der Waals surface area (Å²) >= 11 is 0. The van der Waals surface area contributed by atoms with Gasteiger partial charge >= 0.3 is 0 Å². The van der Waals surface area contributed by atoms with Crippen LogP contribution in [-0.4, -0.2) is 31.1 Å². The van der Waals surface area contributed by atoms with Crippen LogP contribution in [0.4, 0.5) is 0 Å². The Morgan fingerprint density at radius 1 is 1.47 bits per heavy atom. The molecule has 2 unspecified atom stereocenters. The summed E-state index contributed by atoms with van der Waals surface area (Å²) in [6.45, 7) is 3.43. The summed E-state index contributed by atoms with van der Waals surface area (Å²) in [5.41, 5.74) is 0. The molecule has 0 aromatic heterocycles. The summed E-state index contributed by atoms with van der Waals surface area (Å²) in [4.78, 5) is 11.8. The standard InChI is InChI=1S/C14H20N2O2.ClH/c1-11(18-12-6-3-2-4-7-12)10-16-14(17)13-8-5-9-15-13;/h2-4,6-7,11,13,15H,5,8-10H2,1H3,(H,16,17);1H. The zero-order valence-electron chi connectivity index (χ0n) is 11.1. The van der Waals surface area contributed by atoms with E-state index in [2.05, 4.69) is 10.6 Å². The molecule has 2 atom stereocenters. The maximum absolute atomic E-state index is 11.8. The second-order valence-corrected chi connectivity index (χ2v) is 4.64. The van der Waals surface area contributed by atoms with Gasteiger partial charge in [-0.2, -0.15) is 0 Å². The number of amides is 1. The van der Waals surface area contributed by atoms with Gasteiger partial charge in [-0.25, -0.2) is 0 Å². The number of ether oxygens (including phenoxy) is 1. The van der Waals surface area contributed by atoms with E-state index < -0.39 is 0 Å². The third kappa shape index (κ3) is 5.09. The zero-order chi connectivity index (χ0) is 12.8. The molecule has 19 heavy (non-hydrogen) atoms. The maximum atomic E-state index is 11.8. The number of carbonyl (C=O) groups excluding carboxylic acids is 1. The number of carbonyl (C=O) groups is 1. The van der Waals surface area contributed by atoms with Crippen molar-refractivity contribution in [1.82, 2.24) is 10.6 Å². The second-order valence-electron chi connectivity index (χ2n) is 4.64. The fraction of sp³-hybridized carbons (Fsp3) is 0.500. The molecule has 0 bridgehead atoms. The van der Waals surface area contributed by atoms with Crippen molar-refractivity contribution in [2.75, 3.05) is 13.1 Å². The van der Waals surface area contributed by atoms with Gasteiger partial charge in [0, 0.05) is 0 Å². The van der Waals surface area contributed by atoms with Crippen molar-refractivity contribution in [1.29, 1.82) is 0 Å². The summed E-state index contributed by atoms with van der Waals surface area (Å²) in [6, 6.07) is 9.62. The largest absolute Gasteiger partial charge is 0.489 e. The van der Waals surface area contributed by atoms with Crippen LogP contribution in [-0.2, 0) is 4.79 Å². The molecule has 1 aliphatic rings. The lowest BCUT2D eigenvalue weighted by Crippen LogP contribution is -2.43. The third-order valence-corrected chi connectivity index (χ3v) is 3.02. The molecule has 1 amide bonds. The lowest BCUT2D eigenvalue weighted by Gasteiger charge is -2.17. The highest BCUT2D eigenvalue weighted by atomic mass is 35.5. The molecule has 4 nitrogen and oxygen atoms in total. The first kappa shape index (κ1) is 15.8. The van der Waals surface area contributed by atoms with Crippen molar-refractivity contribution in [3.05, 3.63) is 30.3 Å². The number of para-hydroxylation sites is 1. The average Bonchev–Trinajstić information content (AvgIpc) is 2.91. The highest BCUT2D eigenvalue weighted by Crippen LogP contribution is 2.10. The molecule has 1 aliphatic heterocycles. The first-order valence-electron chi connectivity index (χ1n) is 6.48. The van der Waals surface area contributed by atoms with Gasteiger partial charge in [0.25, 0.3) is 0 Å². The Labute approximate surface area is 120 Å². The normalized spacial score (nSPS) is 19.3. The minimum Gasteiger partial charge on any atom is -0.489 e. The minimum absolute atomic E-state index is 0. The SMILES string of the molecule is CC(CNC(=O)C1CCCN1)Oc1ccccc1.Cl. The topological polar surface area (TPSA) is 50.4 Å². The Morgan fingerprint density at radius 2 is 2.21 bits per heavy atom. The number of nitrogens with one attached hydrogen (secondary N) is 2. The van der Waals surface area contributed by atoms with Crippen LogP contribution in [0.1, 0.15) is 19.8 Å². The summed E-state index contributed by atoms with van der Waals surface area (Å²) in [5, 5.41) is 6.10. The molecule has 1 aromatic carbocycles. The van der Waals surface area contributed by atoms with Crippen LogP contribution in [0.25, 0.3) is 0 Å². The molecular formula is C14H21ClN2O2. The maximum Gasteiger partial charge on any atom is 0.237 e. The predicted octanol–water partition coefficient (Wildman–Crippen LogP) is 1.74. The second kappa shape index (κ2) is 8.02. The van der Waals surface area contributed by atoms with Gasteiger partial charge < -0.3 is 15.4 Å². The number of hydrogen-bond donors (Lipinski definition) is 2. The smallest absolute Gasteiger partial charge is 0.237 e. The molecular weight excluding hydrogens is 264 g/mol. The summed E-state index contributed by atoms with van der Waals surface area (Å²) in [6.07, 6.45) is 1.98. The Morgan fingerprint density at radius 3 is 2.84 bits per heavy atom. The molecule has 0 aliphatic carbocycles. The molecule has 106 valence electrons. The Balaban J connectivity index is 0.00000180. The van der Waals surface area contributed by atoms with Crippen LogP contribution in [0.2, 0.25) is 0 Å². The highest BCUT2D eigenvalue weighted by molar-refractivity contribution is 5.85. The van der Waals surface area contributed by atoms with E-state index >= 15 is 0 Å². The van der Waals surface area contributed by atoms with Crippen LogP contribution in [0.3, 0.4) is 0 Å². The van der Waals surface area contributed by atoms with Gasteiger partial charge in [-0.1, -0.05) is 18.2 Å². The van der Waals surface area contributed by atoms with E-state index in [1.54, 1.807) is 0 Å². The lowest BCUT2D eigenvalue weighted by atomic mass is 10.2. The minimum atomic E-state index is -0.0299. The van der Waals surface area contributed by atoms with E-state index in [0.717, 1.165) is 25.1 Å². The zero-order valence-corrected chi connectivity index (χ0v) is 11.9. The van der Waals surface area contributed by atoms with E-state index in [4.69, 9.17) is 4.74 Å². The van der Waals surface area contributed by atoms with Crippen molar-refractivity contribution < 1.29 is 9.53 Å². The van der Waals surface area contributed by atoms with Crippen molar-refractivity contribution in [2.24, 2.45) is 0 Å². The van der Waals surface area contributed by atoms with Gasteiger partial charge in [-0.05, 0) is 38.4 Å². The van der Waals surface area contributed by atoms with E-state index in [1.807, 2.05) is 37.3 Å². The van der Waals surface area contributed by atoms with E-state index in [0.29, 0.717) is 6.54 Å². The molecule has 0 saturated carbocycles. The first-order chi connectivity index (χ1) is 8.75. The van der Waals surface area contributed by atoms with Crippen molar-refractivity contribution in [3.63, 3.8) is 0 Å².